The molecule has 26 heavy (non-hydrogen) atoms. The van der Waals surface area contributed by atoms with Gasteiger partial charge in [-0.25, -0.2) is 4.39 Å². The van der Waals surface area contributed by atoms with Crippen LogP contribution in [-0.2, 0) is 22.7 Å². The van der Waals surface area contributed by atoms with Gasteiger partial charge in [-0.15, -0.1) is 11.3 Å². The minimum Gasteiger partial charge on any atom is -0.387 e. The van der Waals surface area contributed by atoms with Crippen molar-refractivity contribution in [2.45, 2.75) is 31.5 Å². The first-order valence-electron chi connectivity index (χ1n) is 8.64. The zero-order chi connectivity index (χ0) is 18.0. The Labute approximate surface area is 155 Å². The number of carbonyl (C=O) groups excluding carboxylic acids is 1. The van der Waals surface area contributed by atoms with Crippen LogP contribution in [0.25, 0.3) is 0 Å². The number of hydrogen-bond acceptors (Lipinski definition) is 5. The number of amides is 1. The number of benzene rings is 1. The molecular formula is C19H20FN3O2S. The fraction of sp³-hybridized carbons (Fsp3) is 0.368. The predicted octanol–water partition coefficient (Wildman–Crippen LogP) is 2.92. The molecule has 1 N–H and O–H groups in total. The van der Waals surface area contributed by atoms with Crippen LogP contribution < -0.4 is 5.32 Å². The van der Waals surface area contributed by atoms with Crippen molar-refractivity contribution >= 4 is 23.0 Å². The second-order valence-electron chi connectivity index (χ2n) is 6.84. The van der Waals surface area contributed by atoms with Crippen LogP contribution in [0.15, 0.2) is 46.9 Å². The maximum absolute atomic E-state index is 12.9. The molecule has 0 unspecified atom stereocenters. The molecule has 7 heteroatoms. The molecule has 1 aromatic carbocycles. The van der Waals surface area contributed by atoms with Crippen LogP contribution in [0.3, 0.4) is 0 Å². The van der Waals surface area contributed by atoms with Crippen molar-refractivity contribution in [1.82, 2.24) is 10.2 Å². The molecule has 0 radical (unpaired) electrons. The van der Waals surface area contributed by atoms with Crippen LogP contribution >= 0.6 is 11.3 Å². The lowest BCUT2D eigenvalue weighted by atomic mass is 9.96. The van der Waals surface area contributed by atoms with Gasteiger partial charge in [-0.1, -0.05) is 23.4 Å². The van der Waals surface area contributed by atoms with Gasteiger partial charge >= 0.3 is 0 Å². The first-order valence-corrected chi connectivity index (χ1v) is 9.52. The number of nitrogens with one attached hydrogen (secondary N) is 1. The van der Waals surface area contributed by atoms with Gasteiger partial charge in [0.05, 0.1) is 0 Å². The maximum atomic E-state index is 12.9. The molecule has 3 heterocycles. The van der Waals surface area contributed by atoms with E-state index < -0.39 is 0 Å². The molecule has 2 aliphatic heterocycles. The van der Waals surface area contributed by atoms with Gasteiger partial charge in [0.1, 0.15) is 11.5 Å². The number of halogens is 1. The monoisotopic (exact) mass is 373 g/mol. The molecular weight excluding hydrogens is 353 g/mol. The quantitative estimate of drug-likeness (QED) is 0.877. The summed E-state index contributed by atoms with van der Waals surface area (Å²) < 4.78 is 12.9. The summed E-state index contributed by atoms with van der Waals surface area (Å²) in [6.45, 7) is 2.98. The fourth-order valence-corrected chi connectivity index (χ4v) is 4.18. The molecule has 1 fully saturated rings. The van der Waals surface area contributed by atoms with Gasteiger partial charge in [-0.05, 0) is 29.1 Å². The van der Waals surface area contributed by atoms with Gasteiger partial charge < -0.3 is 10.2 Å². The Morgan fingerprint density at radius 1 is 1.35 bits per heavy atom. The van der Waals surface area contributed by atoms with Gasteiger partial charge in [-0.3, -0.25) is 9.69 Å². The van der Waals surface area contributed by atoms with E-state index >= 15 is 0 Å². The largest absolute Gasteiger partial charge is 0.387 e. The molecule has 2 aliphatic rings. The molecule has 4 rings (SSSR count). The van der Waals surface area contributed by atoms with Crippen molar-refractivity contribution in [1.29, 1.82) is 0 Å². The lowest BCUT2D eigenvalue weighted by Crippen LogP contribution is -2.36. The SMILES string of the molecule is O=C(NCc1ccc(F)cc1)C1=NO[C@@]2(CCN(Cc3cccs3)C2)C1. The third-order valence-electron chi connectivity index (χ3n) is 4.82. The number of nitrogens with zero attached hydrogens (tertiary/aromatic N) is 2. The minimum atomic E-state index is -0.375. The summed E-state index contributed by atoms with van der Waals surface area (Å²) in [7, 11) is 0. The normalized spacial score (nSPS) is 22.4. The van der Waals surface area contributed by atoms with Crippen molar-refractivity contribution in [3.63, 3.8) is 0 Å². The van der Waals surface area contributed by atoms with E-state index in [1.807, 2.05) is 0 Å². The molecule has 1 saturated heterocycles. The first-order chi connectivity index (χ1) is 12.6. The van der Waals surface area contributed by atoms with Gasteiger partial charge in [-0.2, -0.15) is 0 Å². The summed E-state index contributed by atoms with van der Waals surface area (Å²) in [5.41, 5.74) is 0.904. The van der Waals surface area contributed by atoms with Crippen LogP contribution in [0.1, 0.15) is 23.3 Å². The van der Waals surface area contributed by atoms with Crippen LogP contribution in [0, 0.1) is 5.82 Å². The third-order valence-corrected chi connectivity index (χ3v) is 5.68. The van der Waals surface area contributed by atoms with Crippen molar-refractivity contribution in [2.75, 3.05) is 13.1 Å². The second kappa shape index (κ2) is 7.17. The van der Waals surface area contributed by atoms with E-state index in [1.165, 1.54) is 17.0 Å². The highest BCUT2D eigenvalue weighted by molar-refractivity contribution is 7.09. The van der Waals surface area contributed by atoms with E-state index in [9.17, 15) is 9.18 Å². The van der Waals surface area contributed by atoms with E-state index in [4.69, 9.17) is 4.84 Å². The van der Waals surface area contributed by atoms with Crippen LogP contribution in [-0.4, -0.2) is 35.2 Å². The fourth-order valence-electron chi connectivity index (χ4n) is 3.43. The average Bonchev–Trinajstić information content (AvgIpc) is 3.38. The Bertz CT molecular complexity index is 807. The van der Waals surface area contributed by atoms with E-state index in [0.29, 0.717) is 18.7 Å². The van der Waals surface area contributed by atoms with Crippen LogP contribution in [0.2, 0.25) is 0 Å². The number of rotatable bonds is 5. The third kappa shape index (κ3) is 3.78. The van der Waals surface area contributed by atoms with Crippen molar-refractivity contribution in [3.05, 3.63) is 58.0 Å². The second-order valence-corrected chi connectivity index (χ2v) is 7.87. The van der Waals surface area contributed by atoms with Crippen molar-refractivity contribution < 1.29 is 14.0 Å². The number of hydrogen-bond donors (Lipinski definition) is 1. The number of thiophene rings is 1. The van der Waals surface area contributed by atoms with Gasteiger partial charge in [0.25, 0.3) is 5.91 Å². The minimum absolute atomic E-state index is 0.220. The maximum Gasteiger partial charge on any atom is 0.269 e. The lowest BCUT2D eigenvalue weighted by Gasteiger charge is -2.21. The summed E-state index contributed by atoms with van der Waals surface area (Å²) in [5.74, 6) is -0.508. The Balaban J connectivity index is 1.29. The van der Waals surface area contributed by atoms with Gasteiger partial charge in [0.15, 0.2) is 5.60 Å². The van der Waals surface area contributed by atoms with Gasteiger partial charge in [0.2, 0.25) is 0 Å². The predicted molar refractivity (Wildman–Crippen MR) is 98.3 cm³/mol. The molecule has 0 saturated carbocycles. The highest BCUT2D eigenvalue weighted by Gasteiger charge is 2.46. The highest BCUT2D eigenvalue weighted by Crippen LogP contribution is 2.34. The molecule has 0 aliphatic carbocycles. The Morgan fingerprint density at radius 2 is 2.19 bits per heavy atom. The number of carbonyl (C=O) groups is 1. The zero-order valence-electron chi connectivity index (χ0n) is 14.3. The summed E-state index contributed by atoms with van der Waals surface area (Å²) in [4.78, 5) is 21.7. The standard InChI is InChI=1S/C19H20FN3O2S/c20-15-5-3-14(4-6-15)11-21-18(24)17-10-19(25-22-17)7-8-23(13-19)12-16-2-1-9-26-16/h1-6,9H,7-8,10-13H2,(H,21,24)/t19-/m0/s1. The average molecular weight is 373 g/mol. The van der Waals surface area contributed by atoms with E-state index in [1.54, 1.807) is 23.5 Å². The van der Waals surface area contributed by atoms with Crippen molar-refractivity contribution in [2.24, 2.45) is 5.16 Å². The Morgan fingerprint density at radius 3 is 2.96 bits per heavy atom. The molecule has 0 bridgehead atoms. The zero-order valence-corrected chi connectivity index (χ0v) is 15.1. The van der Waals surface area contributed by atoms with E-state index in [-0.39, 0.29) is 17.3 Å². The number of likely N-dealkylation sites (tertiary alicyclic amines) is 1. The van der Waals surface area contributed by atoms with Crippen LogP contribution in [0.5, 0.6) is 0 Å². The van der Waals surface area contributed by atoms with Crippen molar-refractivity contribution in [3.8, 4) is 0 Å². The lowest BCUT2D eigenvalue weighted by molar-refractivity contribution is -0.115. The number of oxime groups is 1. The van der Waals surface area contributed by atoms with Gasteiger partial charge in [0, 0.05) is 43.9 Å². The topological polar surface area (TPSA) is 53.9 Å². The Kier molecular flexibility index (Phi) is 4.74. The van der Waals surface area contributed by atoms with Crippen LogP contribution in [0.4, 0.5) is 4.39 Å². The summed E-state index contributed by atoms with van der Waals surface area (Å²) in [5, 5.41) is 8.96. The summed E-state index contributed by atoms with van der Waals surface area (Å²) >= 11 is 1.75. The molecule has 5 nitrogen and oxygen atoms in total. The van der Waals surface area contributed by atoms with E-state index in [0.717, 1.165) is 31.6 Å². The summed E-state index contributed by atoms with van der Waals surface area (Å²) in [6.07, 6.45) is 1.40. The first kappa shape index (κ1) is 17.2. The molecule has 2 aromatic rings. The summed E-state index contributed by atoms with van der Waals surface area (Å²) in [6, 6.07) is 10.3. The molecule has 1 atom stereocenters. The molecule has 1 aromatic heterocycles. The molecule has 136 valence electrons. The molecule has 1 spiro atoms. The molecule has 1 amide bonds. The van der Waals surface area contributed by atoms with E-state index in [2.05, 4.69) is 32.9 Å². The smallest absolute Gasteiger partial charge is 0.269 e. The Hall–Kier alpha value is -2.25. The highest BCUT2D eigenvalue weighted by atomic mass is 32.1.